The minimum Gasteiger partial charge on any atom is -0.275 e. The molecule has 3 nitrogen and oxygen atoms in total. The third kappa shape index (κ3) is 2.18. The SMILES string of the molecule is S=c1[nH][nH][nH]c(=S)c1=S.[Pd]. The quantitative estimate of drug-likeness (QED) is 0.503. The number of rotatable bonds is 0. The molecule has 3 N–H and O–H groups in total. The van der Waals surface area contributed by atoms with E-state index in [-0.39, 0.29) is 20.4 Å². The van der Waals surface area contributed by atoms with Crippen molar-refractivity contribution in [1.29, 1.82) is 0 Å². The predicted molar refractivity (Wildman–Crippen MR) is 42.0 cm³/mol. The van der Waals surface area contributed by atoms with Crippen molar-refractivity contribution >= 4 is 36.7 Å². The van der Waals surface area contributed by atoms with Gasteiger partial charge in [-0.3, -0.25) is 10.2 Å². The summed E-state index contributed by atoms with van der Waals surface area (Å²) >= 11 is 14.3. The first-order valence-corrected chi connectivity index (χ1v) is 3.34. The van der Waals surface area contributed by atoms with Crippen LogP contribution in [0.3, 0.4) is 0 Å². The van der Waals surface area contributed by atoms with Crippen molar-refractivity contribution in [1.82, 2.24) is 15.4 Å². The second-order valence-electron chi connectivity index (χ2n) is 1.36. The average Bonchev–Trinajstić information content (AvgIpc) is 1.83. The number of aromatic nitrogens is 3. The van der Waals surface area contributed by atoms with Crippen LogP contribution in [-0.4, -0.2) is 15.4 Å². The Morgan fingerprint density at radius 1 is 0.900 bits per heavy atom. The number of hydrogen-bond acceptors (Lipinski definition) is 3. The molecule has 0 aromatic carbocycles. The molecule has 0 aliphatic rings. The van der Waals surface area contributed by atoms with E-state index in [1.54, 1.807) is 0 Å². The normalized spacial score (nSPS) is 8.40. The smallest absolute Gasteiger partial charge is 0.140 e. The van der Waals surface area contributed by atoms with E-state index >= 15 is 0 Å². The van der Waals surface area contributed by atoms with Gasteiger partial charge in [-0.25, -0.2) is 5.21 Å². The summed E-state index contributed by atoms with van der Waals surface area (Å²) in [5.41, 5.74) is 0. The summed E-state index contributed by atoms with van der Waals surface area (Å²) in [4.78, 5) is 0. The zero-order valence-corrected chi connectivity index (χ0v) is 8.55. The second-order valence-corrected chi connectivity index (χ2v) is 2.59. The van der Waals surface area contributed by atoms with E-state index in [9.17, 15) is 0 Å². The first-order chi connectivity index (χ1) is 4.22. The van der Waals surface area contributed by atoms with Crippen molar-refractivity contribution in [2.75, 3.05) is 0 Å². The fraction of sp³-hybridized carbons (Fsp3) is 0. The van der Waals surface area contributed by atoms with Gasteiger partial charge in [0.1, 0.15) is 13.8 Å². The first kappa shape index (κ1) is 10.3. The average molecular weight is 284 g/mol. The van der Waals surface area contributed by atoms with Gasteiger partial charge in [-0.2, -0.15) is 0 Å². The van der Waals surface area contributed by atoms with Gasteiger partial charge in [0.2, 0.25) is 0 Å². The Bertz CT molecular complexity index is 329. The van der Waals surface area contributed by atoms with Crippen LogP contribution in [0.4, 0.5) is 0 Å². The molecule has 0 amide bonds. The summed E-state index contributed by atoms with van der Waals surface area (Å²) in [6.07, 6.45) is 0. The van der Waals surface area contributed by atoms with Gasteiger partial charge in [0.15, 0.2) is 0 Å². The summed E-state index contributed by atoms with van der Waals surface area (Å²) in [6, 6.07) is 0. The van der Waals surface area contributed by atoms with Crippen molar-refractivity contribution in [3.05, 3.63) is 13.8 Å². The van der Waals surface area contributed by atoms with Crippen LogP contribution in [0.15, 0.2) is 0 Å². The summed E-state index contributed by atoms with van der Waals surface area (Å²) < 4.78 is 1.42. The minimum absolute atomic E-state index is 0. The van der Waals surface area contributed by atoms with Gasteiger partial charge in [0.05, 0.1) is 0 Å². The Labute approximate surface area is 85.9 Å². The molecule has 0 aliphatic carbocycles. The Morgan fingerprint density at radius 3 is 1.60 bits per heavy atom. The molecule has 0 spiro atoms. The van der Waals surface area contributed by atoms with Crippen LogP contribution in [0.25, 0.3) is 0 Å². The Hall–Kier alpha value is 0.332. The standard InChI is InChI=1S/C3H3N3S3.Pd/c7-1-2(8)4-6-5-3(1)9;/h(H,6,7)(H2,4,5,8,9);. The van der Waals surface area contributed by atoms with E-state index in [1.807, 2.05) is 0 Å². The molecule has 0 bridgehead atoms. The van der Waals surface area contributed by atoms with Crippen LogP contribution in [0.1, 0.15) is 0 Å². The summed E-state index contributed by atoms with van der Waals surface area (Å²) in [5.74, 6) is 0. The van der Waals surface area contributed by atoms with E-state index in [0.717, 1.165) is 0 Å². The molecule has 0 saturated carbocycles. The van der Waals surface area contributed by atoms with Gasteiger partial charge in [-0.1, -0.05) is 36.7 Å². The molecular weight excluding hydrogens is 281 g/mol. The fourth-order valence-electron chi connectivity index (χ4n) is 0.361. The van der Waals surface area contributed by atoms with Gasteiger partial charge in [-0.15, -0.1) is 0 Å². The van der Waals surface area contributed by atoms with E-state index in [0.29, 0.717) is 13.8 Å². The van der Waals surface area contributed by atoms with E-state index in [4.69, 9.17) is 36.7 Å². The molecule has 1 aromatic rings. The number of hydrogen-bond donors (Lipinski definition) is 3. The van der Waals surface area contributed by atoms with Gasteiger partial charge >= 0.3 is 0 Å². The number of aromatic amines is 3. The van der Waals surface area contributed by atoms with Crippen LogP contribution in [0.5, 0.6) is 0 Å². The zero-order chi connectivity index (χ0) is 6.85. The number of H-pyrrole nitrogens is 3. The Balaban J connectivity index is 0.000000810. The van der Waals surface area contributed by atoms with E-state index in [1.165, 1.54) is 0 Å². The molecule has 0 atom stereocenters. The van der Waals surface area contributed by atoms with Gasteiger partial charge in [0.25, 0.3) is 0 Å². The van der Waals surface area contributed by atoms with E-state index in [2.05, 4.69) is 15.4 Å². The van der Waals surface area contributed by atoms with Crippen molar-refractivity contribution in [2.24, 2.45) is 0 Å². The molecule has 58 valence electrons. The third-order valence-corrected chi connectivity index (χ3v) is 2.04. The second kappa shape index (κ2) is 4.26. The first-order valence-electron chi connectivity index (χ1n) is 2.11. The Morgan fingerprint density at radius 2 is 1.30 bits per heavy atom. The zero-order valence-electron chi connectivity index (χ0n) is 4.54. The maximum Gasteiger partial charge on any atom is 0.140 e. The van der Waals surface area contributed by atoms with Gasteiger partial charge < -0.3 is 0 Å². The molecule has 1 aromatic heterocycles. The van der Waals surface area contributed by atoms with Crippen molar-refractivity contribution in [2.45, 2.75) is 0 Å². The molecule has 0 saturated heterocycles. The largest absolute Gasteiger partial charge is 0.275 e. The molecule has 0 unspecified atom stereocenters. The van der Waals surface area contributed by atoms with Crippen LogP contribution >= 0.6 is 36.7 Å². The summed E-state index contributed by atoms with van der Waals surface area (Å²) in [5, 5.41) is 7.75. The molecule has 10 heavy (non-hydrogen) atoms. The molecule has 1 heterocycles. The molecular formula is C3H3N3PdS3. The topological polar surface area (TPSA) is 47.4 Å². The van der Waals surface area contributed by atoms with Crippen molar-refractivity contribution in [3.63, 3.8) is 0 Å². The fourth-order valence-corrected chi connectivity index (χ4v) is 0.834. The predicted octanol–water partition coefficient (Wildman–Crippen LogP) is 1.86. The monoisotopic (exact) mass is 283 g/mol. The molecule has 7 heteroatoms. The molecule has 0 fully saturated rings. The maximum atomic E-state index is 4.80. The molecule has 0 radical (unpaired) electrons. The minimum atomic E-state index is 0. The maximum absolute atomic E-state index is 4.80. The van der Waals surface area contributed by atoms with Gasteiger partial charge in [0, 0.05) is 20.4 Å². The van der Waals surface area contributed by atoms with Crippen LogP contribution < -0.4 is 0 Å². The van der Waals surface area contributed by atoms with Crippen LogP contribution in [0.2, 0.25) is 0 Å². The number of nitrogens with one attached hydrogen (secondary N) is 3. The molecule has 0 aliphatic heterocycles. The summed E-state index contributed by atoms with van der Waals surface area (Å²) in [6.45, 7) is 0. The molecule has 1 rings (SSSR count). The van der Waals surface area contributed by atoms with Crippen molar-refractivity contribution in [3.8, 4) is 0 Å². The van der Waals surface area contributed by atoms with Gasteiger partial charge in [-0.05, 0) is 0 Å². The Kier molecular flexibility index (Phi) is 4.40. The van der Waals surface area contributed by atoms with E-state index < -0.39 is 0 Å². The summed E-state index contributed by atoms with van der Waals surface area (Å²) in [7, 11) is 0. The van der Waals surface area contributed by atoms with Crippen LogP contribution in [-0.2, 0) is 20.4 Å². The van der Waals surface area contributed by atoms with Crippen molar-refractivity contribution < 1.29 is 20.4 Å². The van der Waals surface area contributed by atoms with Crippen LogP contribution in [0, 0.1) is 13.8 Å². The third-order valence-electron chi connectivity index (χ3n) is 0.765.